The van der Waals surface area contributed by atoms with Crippen LogP contribution in [0.15, 0.2) is 77.5 Å². The van der Waals surface area contributed by atoms with E-state index in [4.69, 9.17) is 0 Å². The van der Waals surface area contributed by atoms with Crippen LogP contribution in [0.25, 0.3) is 10.9 Å². The zero-order chi connectivity index (χ0) is 25.1. The Hall–Kier alpha value is -3.85. The molecule has 0 unspecified atom stereocenters. The molecule has 2 aromatic heterocycles. The highest BCUT2D eigenvalue weighted by molar-refractivity contribution is 9.10. The van der Waals surface area contributed by atoms with Crippen molar-refractivity contribution >= 4 is 44.4 Å². The molecule has 9 heteroatoms. The van der Waals surface area contributed by atoms with Gasteiger partial charge in [-0.3, -0.25) is 19.1 Å². The fraction of sp³-hybridized carbons (Fsp3) is 0.222. The summed E-state index contributed by atoms with van der Waals surface area (Å²) in [7, 11) is 0. The minimum absolute atomic E-state index is 0.00834. The molecule has 2 amide bonds. The summed E-state index contributed by atoms with van der Waals surface area (Å²) in [6, 6.07) is 20.1. The largest absolute Gasteiger partial charge is 0.338 e. The molecule has 3 heterocycles. The molecule has 0 aliphatic carbocycles. The van der Waals surface area contributed by atoms with Crippen molar-refractivity contribution in [1.82, 2.24) is 24.6 Å². The van der Waals surface area contributed by atoms with Crippen LogP contribution >= 0.6 is 15.9 Å². The van der Waals surface area contributed by atoms with Crippen LogP contribution < -0.4 is 0 Å². The van der Waals surface area contributed by atoms with Crippen molar-refractivity contribution in [1.29, 1.82) is 0 Å². The maximum absolute atomic E-state index is 12.9. The molecule has 0 N–H and O–H groups in total. The van der Waals surface area contributed by atoms with Crippen molar-refractivity contribution < 1.29 is 14.4 Å². The van der Waals surface area contributed by atoms with E-state index >= 15 is 0 Å². The number of piperazine rings is 1. The lowest BCUT2D eigenvalue weighted by Gasteiger charge is -2.34. The van der Waals surface area contributed by atoms with Gasteiger partial charge in [-0.1, -0.05) is 30.3 Å². The van der Waals surface area contributed by atoms with E-state index in [2.05, 4.69) is 26.0 Å². The van der Waals surface area contributed by atoms with Crippen molar-refractivity contribution in [2.24, 2.45) is 0 Å². The predicted molar refractivity (Wildman–Crippen MR) is 139 cm³/mol. The molecule has 1 saturated heterocycles. The number of fused-ring (bicyclic) bond motifs is 1. The Kier molecular flexibility index (Phi) is 6.90. The molecule has 1 fully saturated rings. The summed E-state index contributed by atoms with van der Waals surface area (Å²) in [6.45, 7) is 2.12. The van der Waals surface area contributed by atoms with Gasteiger partial charge >= 0.3 is 0 Å². The minimum atomic E-state index is -0.0666. The van der Waals surface area contributed by atoms with E-state index in [0.29, 0.717) is 42.0 Å². The molecular formula is C27H24BrN5O3. The first kappa shape index (κ1) is 23.9. The van der Waals surface area contributed by atoms with Gasteiger partial charge in [0.15, 0.2) is 5.78 Å². The number of aromatic nitrogens is 3. The Balaban J connectivity index is 1.19. The second-order valence-electron chi connectivity index (χ2n) is 8.70. The van der Waals surface area contributed by atoms with Gasteiger partial charge in [0.05, 0.1) is 5.52 Å². The number of carbonyl (C=O) groups excluding carboxylic acids is 3. The van der Waals surface area contributed by atoms with E-state index in [1.54, 1.807) is 44.8 Å². The first-order valence-electron chi connectivity index (χ1n) is 11.7. The Morgan fingerprint density at radius 1 is 0.861 bits per heavy atom. The third kappa shape index (κ3) is 5.36. The third-order valence-corrected chi connectivity index (χ3v) is 6.66. The number of Topliss-reactive ketones (excluding diaryl/α,β-unsaturated/α-hetero) is 1. The molecule has 182 valence electrons. The molecular weight excluding hydrogens is 522 g/mol. The molecule has 0 saturated carbocycles. The van der Waals surface area contributed by atoms with Crippen molar-refractivity contribution in [2.45, 2.75) is 13.0 Å². The summed E-state index contributed by atoms with van der Waals surface area (Å²) in [5.74, 6) is -0.111. The molecule has 0 atom stereocenters. The molecule has 5 rings (SSSR count). The van der Waals surface area contributed by atoms with Crippen LogP contribution in [0.4, 0.5) is 0 Å². The highest BCUT2D eigenvalue weighted by Gasteiger charge is 2.25. The van der Waals surface area contributed by atoms with E-state index in [-0.39, 0.29) is 30.6 Å². The van der Waals surface area contributed by atoms with Gasteiger partial charge in [-0.15, -0.1) is 0 Å². The van der Waals surface area contributed by atoms with Crippen molar-refractivity contribution in [3.63, 3.8) is 0 Å². The quantitative estimate of drug-likeness (QED) is 0.273. The number of hydrogen-bond donors (Lipinski definition) is 0. The number of hydrogen-bond acceptors (Lipinski definition) is 5. The summed E-state index contributed by atoms with van der Waals surface area (Å²) in [6.07, 6.45) is 2.06. The number of amides is 2. The molecule has 4 aromatic rings. The van der Waals surface area contributed by atoms with Crippen molar-refractivity contribution in [3.8, 4) is 0 Å². The standard InChI is InChI=1S/C27H24BrN5O3/c28-25-8-4-7-23(29-25)24(34)16-19-9-10-22-21(15-19)17-33(30-22)18-26(35)31-11-13-32(14-12-31)27(36)20-5-2-1-3-6-20/h1-10,15,17H,11-14,16,18H2. The Morgan fingerprint density at radius 3 is 2.36 bits per heavy atom. The number of benzene rings is 2. The summed E-state index contributed by atoms with van der Waals surface area (Å²) < 4.78 is 2.26. The molecule has 8 nitrogen and oxygen atoms in total. The van der Waals surface area contributed by atoms with E-state index < -0.39 is 0 Å². The van der Waals surface area contributed by atoms with Gasteiger partial charge in [-0.25, -0.2) is 4.98 Å². The molecule has 1 aliphatic rings. The first-order valence-corrected chi connectivity index (χ1v) is 12.5. The smallest absolute Gasteiger partial charge is 0.253 e. The maximum Gasteiger partial charge on any atom is 0.253 e. The van der Waals surface area contributed by atoms with Crippen LogP contribution in [-0.4, -0.2) is 68.3 Å². The molecule has 1 aliphatic heterocycles. The second kappa shape index (κ2) is 10.4. The van der Waals surface area contributed by atoms with Gasteiger partial charge in [0.2, 0.25) is 5.91 Å². The van der Waals surface area contributed by atoms with Crippen LogP contribution in [0.1, 0.15) is 26.4 Å². The van der Waals surface area contributed by atoms with Crippen LogP contribution in [0, 0.1) is 0 Å². The average Bonchev–Trinajstić information content (AvgIpc) is 3.30. The van der Waals surface area contributed by atoms with Crippen LogP contribution in [-0.2, 0) is 17.8 Å². The van der Waals surface area contributed by atoms with Crippen molar-refractivity contribution in [2.75, 3.05) is 26.2 Å². The monoisotopic (exact) mass is 545 g/mol. The normalized spacial score (nSPS) is 13.7. The van der Waals surface area contributed by atoms with Gasteiger partial charge in [0, 0.05) is 49.7 Å². The maximum atomic E-state index is 12.9. The lowest BCUT2D eigenvalue weighted by atomic mass is 10.1. The number of nitrogens with zero attached hydrogens (tertiary/aromatic N) is 5. The predicted octanol–water partition coefficient (Wildman–Crippen LogP) is 3.60. The van der Waals surface area contributed by atoms with Gasteiger partial charge in [0.25, 0.3) is 5.91 Å². The molecule has 0 bridgehead atoms. The van der Waals surface area contributed by atoms with Gasteiger partial charge in [-0.2, -0.15) is 5.10 Å². The Bertz CT molecular complexity index is 1430. The number of carbonyl (C=O) groups is 3. The highest BCUT2D eigenvalue weighted by atomic mass is 79.9. The SMILES string of the molecule is O=C(Cc1ccc2nn(CC(=O)N3CCN(C(=O)c4ccccc4)CC3)cc2c1)c1cccc(Br)n1. The zero-order valence-corrected chi connectivity index (χ0v) is 21.1. The van der Waals surface area contributed by atoms with Gasteiger partial charge in [0.1, 0.15) is 16.8 Å². The molecule has 0 spiro atoms. The fourth-order valence-corrected chi connectivity index (χ4v) is 4.66. The van der Waals surface area contributed by atoms with E-state index in [1.165, 1.54) is 0 Å². The number of rotatable bonds is 6. The number of ketones is 1. The summed E-state index contributed by atoms with van der Waals surface area (Å²) in [4.78, 5) is 45.9. The van der Waals surface area contributed by atoms with Crippen LogP contribution in [0.2, 0.25) is 0 Å². The molecule has 0 radical (unpaired) electrons. The lowest BCUT2D eigenvalue weighted by Crippen LogP contribution is -2.51. The Morgan fingerprint density at radius 2 is 1.61 bits per heavy atom. The van der Waals surface area contributed by atoms with E-state index in [0.717, 1.165) is 16.5 Å². The number of pyridine rings is 1. The summed E-state index contributed by atoms with van der Waals surface area (Å²) in [5, 5.41) is 5.39. The first-order chi connectivity index (χ1) is 17.5. The third-order valence-electron chi connectivity index (χ3n) is 6.22. The van der Waals surface area contributed by atoms with Gasteiger partial charge < -0.3 is 9.80 Å². The number of halogens is 1. The van der Waals surface area contributed by atoms with Crippen LogP contribution in [0.5, 0.6) is 0 Å². The highest BCUT2D eigenvalue weighted by Crippen LogP contribution is 2.17. The minimum Gasteiger partial charge on any atom is -0.338 e. The molecule has 2 aromatic carbocycles. The second-order valence-corrected chi connectivity index (χ2v) is 9.52. The topological polar surface area (TPSA) is 88.4 Å². The van der Waals surface area contributed by atoms with Crippen molar-refractivity contribution in [3.05, 3.63) is 94.4 Å². The zero-order valence-electron chi connectivity index (χ0n) is 19.5. The van der Waals surface area contributed by atoms with Crippen LogP contribution in [0.3, 0.4) is 0 Å². The fourth-order valence-electron chi connectivity index (χ4n) is 4.32. The van der Waals surface area contributed by atoms with Gasteiger partial charge in [-0.05, 0) is 57.9 Å². The van der Waals surface area contributed by atoms with E-state index in [9.17, 15) is 14.4 Å². The molecule has 36 heavy (non-hydrogen) atoms. The average molecular weight is 546 g/mol. The lowest BCUT2D eigenvalue weighted by molar-refractivity contribution is -0.133. The Labute approximate surface area is 216 Å². The van der Waals surface area contributed by atoms with E-state index in [1.807, 2.05) is 42.6 Å². The summed E-state index contributed by atoms with van der Waals surface area (Å²) >= 11 is 3.30. The summed E-state index contributed by atoms with van der Waals surface area (Å²) in [5.41, 5.74) is 2.70.